The lowest BCUT2D eigenvalue weighted by Crippen LogP contribution is -2.37. The van der Waals surface area contributed by atoms with Crippen molar-refractivity contribution in [3.05, 3.63) is 60.8 Å². The molecule has 0 spiro atoms. The van der Waals surface area contributed by atoms with E-state index in [9.17, 15) is 10.1 Å². The van der Waals surface area contributed by atoms with E-state index in [1.165, 1.54) is 11.8 Å². The first kappa shape index (κ1) is 20.3. The fourth-order valence-electron chi connectivity index (χ4n) is 4.05. The molecular weight excluding hydrogens is 422 g/mol. The van der Waals surface area contributed by atoms with E-state index in [0.717, 1.165) is 52.5 Å². The summed E-state index contributed by atoms with van der Waals surface area (Å²) in [5, 5.41) is 19.4. The van der Waals surface area contributed by atoms with E-state index in [1.54, 1.807) is 23.8 Å². The molecule has 0 atom stereocenters. The van der Waals surface area contributed by atoms with Gasteiger partial charge in [-0.15, -0.1) is 0 Å². The zero-order chi connectivity index (χ0) is 22.1. The molecule has 1 aliphatic heterocycles. The van der Waals surface area contributed by atoms with Crippen LogP contribution < -0.4 is 0 Å². The average molecular weight is 444 g/mol. The molecule has 8 nitrogen and oxygen atoms in total. The van der Waals surface area contributed by atoms with Gasteiger partial charge in [-0.1, -0.05) is 17.8 Å². The van der Waals surface area contributed by atoms with E-state index < -0.39 is 0 Å². The third kappa shape index (κ3) is 3.85. The number of rotatable bonds is 4. The molecular formula is C23H21N7OS. The number of hydrogen-bond acceptors (Lipinski definition) is 6. The number of pyridine rings is 2. The van der Waals surface area contributed by atoms with Crippen LogP contribution in [0.1, 0.15) is 31.4 Å². The van der Waals surface area contributed by atoms with Crippen LogP contribution in [0.4, 0.5) is 0 Å². The normalized spacial score (nSPS) is 14.6. The summed E-state index contributed by atoms with van der Waals surface area (Å²) >= 11 is 1.51. The zero-order valence-electron chi connectivity index (χ0n) is 17.5. The van der Waals surface area contributed by atoms with Gasteiger partial charge in [0.15, 0.2) is 0 Å². The number of amides is 1. The highest BCUT2D eigenvalue weighted by Gasteiger charge is 2.23. The number of piperidine rings is 1. The number of aromatic nitrogens is 5. The molecule has 9 heteroatoms. The minimum atomic E-state index is 0.131. The molecule has 32 heavy (non-hydrogen) atoms. The molecule has 160 valence electrons. The van der Waals surface area contributed by atoms with Crippen molar-refractivity contribution >= 4 is 23.2 Å². The van der Waals surface area contributed by atoms with E-state index in [-0.39, 0.29) is 11.9 Å². The van der Waals surface area contributed by atoms with Crippen molar-refractivity contribution in [3.63, 3.8) is 0 Å². The van der Waals surface area contributed by atoms with Gasteiger partial charge in [0, 0.05) is 54.6 Å². The molecule has 1 amide bonds. The summed E-state index contributed by atoms with van der Waals surface area (Å²) in [7, 11) is 0. The van der Waals surface area contributed by atoms with Gasteiger partial charge in [0.05, 0.1) is 29.5 Å². The van der Waals surface area contributed by atoms with Crippen molar-refractivity contribution < 1.29 is 4.79 Å². The maximum Gasteiger partial charge on any atom is 0.219 e. The van der Waals surface area contributed by atoms with E-state index in [0.29, 0.717) is 5.56 Å². The molecule has 4 aromatic rings. The Balaban J connectivity index is 1.47. The Bertz CT molecular complexity index is 1310. The molecule has 1 fully saturated rings. The number of fused-ring (bicyclic) bond motifs is 1. The molecule has 0 radical (unpaired) electrons. The molecule has 0 aliphatic carbocycles. The quantitative estimate of drug-likeness (QED) is 0.476. The predicted molar refractivity (Wildman–Crippen MR) is 120 cm³/mol. The second-order valence-electron chi connectivity index (χ2n) is 7.77. The van der Waals surface area contributed by atoms with Crippen LogP contribution in [0.25, 0.3) is 16.6 Å². The summed E-state index contributed by atoms with van der Waals surface area (Å²) in [4.78, 5) is 18.8. The predicted octanol–water partition coefficient (Wildman–Crippen LogP) is 3.80. The Kier molecular flexibility index (Phi) is 5.37. The second-order valence-corrected chi connectivity index (χ2v) is 8.83. The SMILES string of the molecule is CC(=O)N1CCC(n2cc(-c3cc(Sc4ccccn4)c4c(C#N)cnn4c3)cn2)CC1. The van der Waals surface area contributed by atoms with Gasteiger partial charge in [-0.3, -0.25) is 9.48 Å². The summed E-state index contributed by atoms with van der Waals surface area (Å²) < 4.78 is 3.76. The van der Waals surface area contributed by atoms with E-state index in [2.05, 4.69) is 33.5 Å². The van der Waals surface area contributed by atoms with Crippen molar-refractivity contribution in [1.29, 1.82) is 5.26 Å². The number of nitriles is 1. The van der Waals surface area contributed by atoms with Gasteiger partial charge in [0.2, 0.25) is 5.91 Å². The first-order valence-electron chi connectivity index (χ1n) is 10.4. The van der Waals surface area contributed by atoms with Gasteiger partial charge in [0.1, 0.15) is 11.1 Å². The summed E-state index contributed by atoms with van der Waals surface area (Å²) in [5.74, 6) is 0.131. The van der Waals surface area contributed by atoms with Crippen LogP contribution in [0.5, 0.6) is 0 Å². The smallest absolute Gasteiger partial charge is 0.219 e. The largest absolute Gasteiger partial charge is 0.343 e. The third-order valence-electron chi connectivity index (χ3n) is 5.77. The molecule has 5 heterocycles. The lowest BCUT2D eigenvalue weighted by Gasteiger charge is -2.31. The molecule has 0 N–H and O–H groups in total. The van der Waals surface area contributed by atoms with Gasteiger partial charge < -0.3 is 4.90 Å². The first-order valence-corrected chi connectivity index (χ1v) is 11.2. The average Bonchev–Trinajstić information content (AvgIpc) is 3.47. The zero-order valence-corrected chi connectivity index (χ0v) is 18.4. The van der Waals surface area contributed by atoms with Crippen molar-refractivity contribution in [3.8, 4) is 17.2 Å². The lowest BCUT2D eigenvalue weighted by molar-refractivity contribution is -0.130. The number of likely N-dealkylation sites (tertiary alicyclic amines) is 1. The summed E-state index contributed by atoms with van der Waals surface area (Å²) in [6.07, 6.45) is 11.0. The Hall–Kier alpha value is -3.64. The highest BCUT2D eigenvalue weighted by atomic mass is 32.2. The number of nitrogens with zero attached hydrogens (tertiary/aromatic N) is 7. The molecule has 1 saturated heterocycles. The van der Waals surface area contributed by atoms with Crippen LogP contribution in [0.15, 0.2) is 65.2 Å². The molecule has 0 bridgehead atoms. The van der Waals surface area contributed by atoms with Gasteiger partial charge in [-0.2, -0.15) is 15.5 Å². The lowest BCUT2D eigenvalue weighted by atomic mass is 10.1. The second kappa shape index (κ2) is 8.48. The van der Waals surface area contributed by atoms with Crippen molar-refractivity contribution in [1.82, 2.24) is 29.3 Å². The van der Waals surface area contributed by atoms with E-state index >= 15 is 0 Å². The first-order chi connectivity index (χ1) is 15.6. The molecule has 4 aromatic heterocycles. The van der Waals surface area contributed by atoms with Gasteiger partial charge >= 0.3 is 0 Å². The Morgan fingerprint density at radius 3 is 2.72 bits per heavy atom. The van der Waals surface area contributed by atoms with Crippen molar-refractivity contribution in [2.24, 2.45) is 0 Å². The van der Waals surface area contributed by atoms with Gasteiger partial charge in [-0.05, 0) is 31.0 Å². The standard InChI is InChI=1S/C23H21N7OS/c1-16(31)28-8-5-20(6-9-28)29-15-19(13-26-29)17-10-21(32-22-4-2-3-7-25-22)23-18(11-24)12-27-30(23)14-17/h2-4,7,10,12-15,20H,5-6,8-9H2,1H3. The molecule has 0 unspecified atom stereocenters. The fraction of sp³-hybridized carbons (Fsp3) is 0.261. The topological polar surface area (TPSA) is 92.1 Å². The van der Waals surface area contributed by atoms with Crippen LogP contribution in [0.2, 0.25) is 0 Å². The minimum absolute atomic E-state index is 0.131. The molecule has 5 rings (SSSR count). The Morgan fingerprint density at radius 1 is 1.16 bits per heavy atom. The number of carbonyl (C=O) groups is 1. The highest BCUT2D eigenvalue weighted by molar-refractivity contribution is 7.99. The molecule has 0 saturated carbocycles. The Labute approximate surface area is 189 Å². The number of carbonyl (C=O) groups excluding carboxylic acids is 1. The number of hydrogen-bond donors (Lipinski definition) is 0. The van der Waals surface area contributed by atoms with Crippen LogP contribution in [-0.4, -0.2) is 48.3 Å². The van der Waals surface area contributed by atoms with E-state index in [4.69, 9.17) is 0 Å². The molecule has 0 aromatic carbocycles. The van der Waals surface area contributed by atoms with Gasteiger partial charge in [-0.25, -0.2) is 9.50 Å². The fourth-order valence-corrected chi connectivity index (χ4v) is 5.03. The highest BCUT2D eigenvalue weighted by Crippen LogP contribution is 2.35. The van der Waals surface area contributed by atoms with Crippen molar-refractivity contribution in [2.45, 2.75) is 35.7 Å². The van der Waals surface area contributed by atoms with E-state index in [1.807, 2.05) is 40.2 Å². The molecule has 1 aliphatic rings. The Morgan fingerprint density at radius 2 is 2.00 bits per heavy atom. The third-order valence-corrected chi connectivity index (χ3v) is 6.75. The minimum Gasteiger partial charge on any atom is -0.343 e. The van der Waals surface area contributed by atoms with Crippen LogP contribution in [0, 0.1) is 11.3 Å². The van der Waals surface area contributed by atoms with Gasteiger partial charge in [0.25, 0.3) is 0 Å². The van der Waals surface area contributed by atoms with Crippen LogP contribution in [0.3, 0.4) is 0 Å². The summed E-state index contributed by atoms with van der Waals surface area (Å²) in [6, 6.07) is 10.3. The maximum absolute atomic E-state index is 11.6. The van der Waals surface area contributed by atoms with Crippen LogP contribution in [-0.2, 0) is 4.79 Å². The maximum atomic E-state index is 11.6. The summed E-state index contributed by atoms with van der Waals surface area (Å²) in [6.45, 7) is 3.14. The van der Waals surface area contributed by atoms with Crippen LogP contribution >= 0.6 is 11.8 Å². The summed E-state index contributed by atoms with van der Waals surface area (Å²) in [5.41, 5.74) is 3.26. The monoisotopic (exact) mass is 443 g/mol. The van der Waals surface area contributed by atoms with Crippen molar-refractivity contribution in [2.75, 3.05) is 13.1 Å².